The Morgan fingerprint density at radius 2 is 1.70 bits per heavy atom. The second kappa shape index (κ2) is 8.28. The van der Waals surface area contributed by atoms with E-state index in [1.165, 1.54) is 10.5 Å². The number of rotatable bonds is 2. The van der Waals surface area contributed by atoms with Crippen molar-refractivity contribution in [3.05, 3.63) is 65.2 Å². The molecule has 0 aromatic heterocycles. The zero-order chi connectivity index (χ0) is 18.1. The Labute approximate surface area is 165 Å². The number of alkyl halides is 1. The maximum atomic E-state index is 14.5. The van der Waals surface area contributed by atoms with Gasteiger partial charge in [-0.1, -0.05) is 36.4 Å². The third-order valence-corrected chi connectivity index (χ3v) is 5.59. The minimum atomic E-state index is -1.39. The van der Waals surface area contributed by atoms with Gasteiger partial charge in [-0.05, 0) is 54.9 Å². The number of urea groups is 1. The van der Waals surface area contributed by atoms with Crippen molar-refractivity contribution in [2.45, 2.75) is 50.5 Å². The van der Waals surface area contributed by atoms with E-state index in [-0.39, 0.29) is 12.4 Å². The monoisotopic (exact) mass is 389 g/mol. The summed E-state index contributed by atoms with van der Waals surface area (Å²) in [6, 6.07) is 15.1. The average Bonchev–Trinajstić information content (AvgIpc) is 3.00. The molecule has 1 heterocycles. The van der Waals surface area contributed by atoms with Gasteiger partial charge in [0.15, 0.2) is 0 Å². The molecule has 2 amide bonds. The zero-order valence-corrected chi connectivity index (χ0v) is 15.9. The van der Waals surface area contributed by atoms with Crippen molar-refractivity contribution in [1.29, 1.82) is 0 Å². The fourth-order valence-electron chi connectivity index (χ4n) is 4.00. The lowest BCUT2D eigenvalue weighted by atomic mass is 9.82. The van der Waals surface area contributed by atoms with Gasteiger partial charge in [0, 0.05) is 17.3 Å². The lowest BCUT2D eigenvalue weighted by molar-refractivity contribution is 0.127. The zero-order valence-electron chi connectivity index (χ0n) is 15.1. The Hall–Kier alpha value is -2.11. The number of nitrogens with two attached hydrogens (primary N) is 1. The molecule has 2 aromatic carbocycles. The molecule has 1 saturated carbocycles. The first kappa shape index (κ1) is 19.6. The summed E-state index contributed by atoms with van der Waals surface area (Å²) in [6.45, 7) is 0.295. The standard InChI is InChI=1S/C21H24FN3O.ClH/c22-20-19-4-2-1-3-16(19)13-25(20)21(26)24-18-11-7-15(8-12-18)14-5-9-17(23)10-6-14;/h1-4,7-8,11-12,14,17,20H,5-6,9-10,13,23H2,(H,24,26);1H. The van der Waals surface area contributed by atoms with Crippen LogP contribution in [-0.4, -0.2) is 17.0 Å². The van der Waals surface area contributed by atoms with Crippen molar-refractivity contribution in [2.24, 2.45) is 5.73 Å². The maximum absolute atomic E-state index is 14.5. The third kappa shape index (κ3) is 4.09. The molecular weight excluding hydrogens is 365 g/mol. The van der Waals surface area contributed by atoms with Gasteiger partial charge in [0.1, 0.15) is 0 Å². The minimum Gasteiger partial charge on any atom is -0.328 e. The Kier molecular flexibility index (Phi) is 6.02. The Balaban J connectivity index is 0.00000210. The number of fused-ring (bicyclic) bond motifs is 1. The fraction of sp³-hybridized carbons (Fsp3) is 0.381. The number of nitrogens with zero attached hydrogens (tertiary/aromatic N) is 1. The van der Waals surface area contributed by atoms with E-state index < -0.39 is 12.3 Å². The van der Waals surface area contributed by atoms with E-state index in [0.29, 0.717) is 29.8 Å². The van der Waals surface area contributed by atoms with Gasteiger partial charge in [-0.3, -0.25) is 4.90 Å². The largest absolute Gasteiger partial charge is 0.328 e. The van der Waals surface area contributed by atoms with Crippen molar-refractivity contribution in [1.82, 2.24) is 4.90 Å². The van der Waals surface area contributed by atoms with Crippen LogP contribution in [0.1, 0.15) is 54.6 Å². The molecule has 4 nitrogen and oxygen atoms in total. The number of benzene rings is 2. The van der Waals surface area contributed by atoms with Crippen LogP contribution < -0.4 is 11.1 Å². The molecule has 0 spiro atoms. The van der Waals surface area contributed by atoms with Crippen LogP contribution in [0.4, 0.5) is 14.9 Å². The number of carbonyl (C=O) groups excluding carboxylic acids is 1. The van der Waals surface area contributed by atoms with E-state index >= 15 is 0 Å². The number of hydrogen-bond donors (Lipinski definition) is 2. The SMILES string of the molecule is Cl.NC1CCC(c2ccc(NC(=O)N3Cc4ccccc4C3F)cc2)CC1. The van der Waals surface area contributed by atoms with E-state index in [1.54, 1.807) is 12.1 Å². The van der Waals surface area contributed by atoms with Gasteiger partial charge in [-0.15, -0.1) is 12.4 Å². The molecule has 2 aliphatic rings. The summed E-state index contributed by atoms with van der Waals surface area (Å²) in [7, 11) is 0. The summed E-state index contributed by atoms with van der Waals surface area (Å²) in [6.07, 6.45) is 2.97. The Bertz CT molecular complexity index is 790. The molecule has 3 N–H and O–H groups in total. The second-order valence-corrected chi connectivity index (χ2v) is 7.33. The van der Waals surface area contributed by atoms with Gasteiger partial charge in [-0.2, -0.15) is 0 Å². The van der Waals surface area contributed by atoms with E-state index in [1.807, 2.05) is 24.3 Å². The van der Waals surface area contributed by atoms with E-state index in [0.717, 1.165) is 31.2 Å². The number of carbonyl (C=O) groups is 1. The topological polar surface area (TPSA) is 58.4 Å². The van der Waals surface area contributed by atoms with Gasteiger partial charge in [-0.25, -0.2) is 9.18 Å². The molecule has 4 rings (SSSR count). The van der Waals surface area contributed by atoms with Gasteiger partial charge in [0.25, 0.3) is 0 Å². The number of halogens is 2. The number of amides is 2. The smallest absolute Gasteiger partial charge is 0.324 e. The van der Waals surface area contributed by atoms with Crippen LogP contribution in [0.15, 0.2) is 48.5 Å². The van der Waals surface area contributed by atoms with Gasteiger partial charge in [0.05, 0.1) is 6.54 Å². The summed E-state index contributed by atoms with van der Waals surface area (Å²) < 4.78 is 14.5. The Morgan fingerprint density at radius 3 is 2.37 bits per heavy atom. The highest BCUT2D eigenvalue weighted by atomic mass is 35.5. The minimum absolute atomic E-state index is 0. The van der Waals surface area contributed by atoms with E-state index in [9.17, 15) is 9.18 Å². The normalized spacial score (nSPS) is 24.1. The molecule has 2 aromatic rings. The Morgan fingerprint density at radius 1 is 1.04 bits per heavy atom. The molecular formula is C21H25ClFN3O. The predicted molar refractivity (Wildman–Crippen MR) is 108 cm³/mol. The molecule has 1 aliphatic heterocycles. The molecule has 144 valence electrons. The highest BCUT2D eigenvalue weighted by Gasteiger charge is 2.33. The first-order chi connectivity index (χ1) is 12.6. The van der Waals surface area contributed by atoms with Crippen molar-refractivity contribution in [3.8, 4) is 0 Å². The summed E-state index contributed by atoms with van der Waals surface area (Å²) >= 11 is 0. The van der Waals surface area contributed by atoms with Crippen LogP contribution in [0.3, 0.4) is 0 Å². The molecule has 27 heavy (non-hydrogen) atoms. The molecule has 1 fully saturated rings. The molecule has 0 saturated heterocycles. The van der Waals surface area contributed by atoms with Crippen LogP contribution >= 0.6 is 12.4 Å². The van der Waals surface area contributed by atoms with Crippen LogP contribution in [-0.2, 0) is 6.54 Å². The second-order valence-electron chi connectivity index (χ2n) is 7.33. The number of nitrogens with one attached hydrogen (secondary N) is 1. The van der Waals surface area contributed by atoms with Crippen molar-refractivity contribution >= 4 is 24.1 Å². The number of anilines is 1. The summed E-state index contributed by atoms with van der Waals surface area (Å²) in [5, 5.41) is 2.81. The quantitative estimate of drug-likeness (QED) is 0.701. The van der Waals surface area contributed by atoms with Crippen LogP contribution in [0.25, 0.3) is 0 Å². The van der Waals surface area contributed by atoms with Crippen molar-refractivity contribution in [3.63, 3.8) is 0 Å². The van der Waals surface area contributed by atoms with Crippen LogP contribution in [0.5, 0.6) is 0 Å². The van der Waals surface area contributed by atoms with Gasteiger partial charge in [0.2, 0.25) is 6.30 Å². The molecule has 1 unspecified atom stereocenters. The van der Waals surface area contributed by atoms with Gasteiger partial charge < -0.3 is 11.1 Å². The maximum Gasteiger partial charge on any atom is 0.324 e. The van der Waals surface area contributed by atoms with Crippen molar-refractivity contribution < 1.29 is 9.18 Å². The van der Waals surface area contributed by atoms with Crippen molar-refractivity contribution in [2.75, 3.05) is 5.32 Å². The van der Waals surface area contributed by atoms with E-state index in [4.69, 9.17) is 5.73 Å². The summed E-state index contributed by atoms with van der Waals surface area (Å²) in [5.41, 5.74) is 9.39. The van der Waals surface area contributed by atoms with E-state index in [2.05, 4.69) is 17.4 Å². The summed E-state index contributed by atoms with van der Waals surface area (Å²) in [4.78, 5) is 13.7. The first-order valence-electron chi connectivity index (χ1n) is 9.27. The number of hydrogen-bond acceptors (Lipinski definition) is 2. The fourth-order valence-corrected chi connectivity index (χ4v) is 4.00. The third-order valence-electron chi connectivity index (χ3n) is 5.59. The molecule has 0 radical (unpaired) electrons. The predicted octanol–water partition coefficient (Wildman–Crippen LogP) is 5.11. The molecule has 1 atom stereocenters. The lowest BCUT2D eigenvalue weighted by Crippen LogP contribution is -2.32. The van der Waals surface area contributed by atoms with Gasteiger partial charge >= 0.3 is 6.03 Å². The lowest BCUT2D eigenvalue weighted by Gasteiger charge is -2.26. The summed E-state index contributed by atoms with van der Waals surface area (Å²) in [5.74, 6) is 0.544. The molecule has 0 bridgehead atoms. The molecule has 1 aliphatic carbocycles. The molecule has 6 heteroatoms. The highest BCUT2D eigenvalue weighted by molar-refractivity contribution is 5.90. The van der Waals surface area contributed by atoms with Crippen LogP contribution in [0, 0.1) is 0 Å². The highest BCUT2D eigenvalue weighted by Crippen LogP contribution is 2.35. The first-order valence-corrected chi connectivity index (χ1v) is 9.27. The average molecular weight is 390 g/mol. The van der Waals surface area contributed by atoms with Crippen LogP contribution in [0.2, 0.25) is 0 Å².